The van der Waals surface area contributed by atoms with Gasteiger partial charge >= 0.3 is 0 Å². The maximum absolute atomic E-state index is 6.27. The van der Waals surface area contributed by atoms with Crippen molar-refractivity contribution in [2.24, 2.45) is 0 Å². The second-order valence-corrected chi connectivity index (χ2v) is 13.9. The second kappa shape index (κ2) is 20.7. The van der Waals surface area contributed by atoms with E-state index in [0.717, 1.165) is 37.1 Å². The minimum absolute atomic E-state index is 0.946. The molecule has 2 nitrogen and oxygen atoms in total. The molecule has 0 unspecified atom stereocenters. The first-order valence-corrected chi connectivity index (χ1v) is 18.9. The van der Waals surface area contributed by atoms with Crippen molar-refractivity contribution in [1.82, 2.24) is 0 Å². The molecule has 0 amide bonds. The van der Waals surface area contributed by atoms with E-state index >= 15 is 0 Å². The molecule has 4 rings (SSSR count). The van der Waals surface area contributed by atoms with Gasteiger partial charge < -0.3 is 11.5 Å². The Hall–Kier alpha value is -3.52. The molecule has 0 aromatic heterocycles. The molecule has 4 aromatic carbocycles. The topological polar surface area (TPSA) is 52.0 Å². The van der Waals surface area contributed by atoms with Crippen molar-refractivity contribution in [3.63, 3.8) is 0 Å². The van der Waals surface area contributed by atoms with Crippen LogP contribution in [0, 0.1) is 0 Å². The molecule has 0 saturated carbocycles. The third-order valence-corrected chi connectivity index (χ3v) is 9.81. The molecular formula is C45H62N2. The zero-order valence-corrected chi connectivity index (χ0v) is 29.7. The van der Waals surface area contributed by atoms with E-state index in [1.54, 1.807) is 0 Å². The van der Waals surface area contributed by atoms with E-state index in [-0.39, 0.29) is 0 Å². The normalized spacial score (nSPS) is 11.3. The summed E-state index contributed by atoms with van der Waals surface area (Å²) in [6, 6.07) is 31.9. The number of nitrogens with two attached hydrogens (primary N) is 2. The summed E-state index contributed by atoms with van der Waals surface area (Å²) in [6.07, 6.45) is 23.2. The van der Waals surface area contributed by atoms with Crippen molar-refractivity contribution >= 4 is 11.4 Å². The molecule has 0 saturated heterocycles. The van der Waals surface area contributed by atoms with Gasteiger partial charge in [-0.3, -0.25) is 0 Å². The Bertz CT molecular complexity index is 1320. The highest BCUT2D eigenvalue weighted by Crippen LogP contribution is 2.22. The highest BCUT2D eigenvalue weighted by atomic mass is 14.6. The fraction of sp³-hybridized carbons (Fsp3) is 0.467. The van der Waals surface area contributed by atoms with E-state index in [4.69, 9.17) is 11.5 Å². The first-order valence-electron chi connectivity index (χ1n) is 18.9. The van der Waals surface area contributed by atoms with Crippen LogP contribution in [-0.2, 0) is 38.5 Å². The van der Waals surface area contributed by atoms with Gasteiger partial charge in [0.1, 0.15) is 0 Å². The van der Waals surface area contributed by atoms with Crippen molar-refractivity contribution in [2.75, 3.05) is 11.5 Å². The van der Waals surface area contributed by atoms with Gasteiger partial charge in [0.2, 0.25) is 0 Å². The van der Waals surface area contributed by atoms with Crippen LogP contribution in [0.15, 0.2) is 84.9 Å². The predicted molar refractivity (Wildman–Crippen MR) is 206 cm³/mol. The first kappa shape index (κ1) is 36.3. The molecular weight excluding hydrogens is 569 g/mol. The average molecular weight is 631 g/mol. The van der Waals surface area contributed by atoms with Crippen LogP contribution in [0.5, 0.6) is 0 Å². The SMILES string of the molecule is CCCCCCc1cc(Cc2ccc(CCCCCCCc3ccc(Cc4ccc(N)c(CCCCCC)c4)cc3)cc2)ccc1N. The summed E-state index contributed by atoms with van der Waals surface area (Å²) in [5, 5.41) is 0. The summed E-state index contributed by atoms with van der Waals surface area (Å²) in [5.41, 5.74) is 25.5. The third kappa shape index (κ3) is 13.3. The van der Waals surface area contributed by atoms with Crippen molar-refractivity contribution in [1.29, 1.82) is 0 Å². The van der Waals surface area contributed by atoms with Gasteiger partial charge in [0.05, 0.1) is 0 Å². The Kier molecular flexibility index (Phi) is 16.0. The minimum atomic E-state index is 0.946. The Morgan fingerprint density at radius 2 is 0.660 bits per heavy atom. The molecule has 0 bridgehead atoms. The van der Waals surface area contributed by atoms with Crippen LogP contribution in [0.25, 0.3) is 0 Å². The van der Waals surface area contributed by atoms with Gasteiger partial charge in [-0.15, -0.1) is 0 Å². The number of hydrogen-bond donors (Lipinski definition) is 2. The fourth-order valence-corrected chi connectivity index (χ4v) is 6.76. The van der Waals surface area contributed by atoms with Gasteiger partial charge in [0.25, 0.3) is 0 Å². The first-order chi connectivity index (χ1) is 23.0. The summed E-state index contributed by atoms with van der Waals surface area (Å²) >= 11 is 0. The van der Waals surface area contributed by atoms with Gasteiger partial charge in [-0.1, -0.05) is 144 Å². The standard InChI is InChI=1S/C45H62N2/c1-3-5-7-14-18-42-34-40(28-30-44(42)46)32-38-24-20-36(21-25-38)16-12-10-9-11-13-17-37-22-26-39(27-23-37)33-41-29-31-45(47)43(35-41)19-15-8-6-4-2/h20-31,34-35H,3-19,32-33,46-47H2,1-2H3. The lowest BCUT2D eigenvalue weighted by Crippen LogP contribution is -1.98. The van der Waals surface area contributed by atoms with Crippen LogP contribution in [0.3, 0.4) is 0 Å². The molecule has 0 spiro atoms. The molecule has 4 N–H and O–H groups in total. The van der Waals surface area contributed by atoms with Gasteiger partial charge in [0.15, 0.2) is 0 Å². The maximum Gasteiger partial charge on any atom is 0.0346 e. The lowest BCUT2D eigenvalue weighted by atomic mass is 9.97. The Morgan fingerprint density at radius 3 is 1.06 bits per heavy atom. The molecule has 0 radical (unpaired) electrons. The Morgan fingerprint density at radius 1 is 0.340 bits per heavy atom. The summed E-state index contributed by atoms with van der Waals surface area (Å²) in [5.74, 6) is 0. The van der Waals surface area contributed by atoms with E-state index in [0.29, 0.717) is 0 Å². The quantitative estimate of drug-likeness (QED) is 0.0670. The van der Waals surface area contributed by atoms with E-state index in [1.807, 2.05) is 0 Å². The van der Waals surface area contributed by atoms with E-state index in [1.165, 1.54) is 141 Å². The monoisotopic (exact) mass is 630 g/mol. The van der Waals surface area contributed by atoms with E-state index < -0.39 is 0 Å². The number of unbranched alkanes of at least 4 members (excludes halogenated alkanes) is 10. The zero-order valence-electron chi connectivity index (χ0n) is 29.7. The average Bonchev–Trinajstić information content (AvgIpc) is 3.08. The molecule has 47 heavy (non-hydrogen) atoms. The van der Waals surface area contributed by atoms with Crippen molar-refractivity contribution in [2.45, 2.75) is 136 Å². The summed E-state index contributed by atoms with van der Waals surface area (Å²) in [6.45, 7) is 4.52. The molecule has 0 aliphatic heterocycles. The Balaban J connectivity index is 1.09. The van der Waals surface area contributed by atoms with Crippen LogP contribution < -0.4 is 11.5 Å². The highest BCUT2D eigenvalue weighted by molar-refractivity contribution is 5.50. The van der Waals surface area contributed by atoms with Crippen molar-refractivity contribution in [3.8, 4) is 0 Å². The van der Waals surface area contributed by atoms with Gasteiger partial charge in [-0.05, 0) is 121 Å². The molecule has 4 aromatic rings. The molecule has 252 valence electrons. The lowest BCUT2D eigenvalue weighted by Gasteiger charge is -2.10. The molecule has 2 heteroatoms. The van der Waals surface area contributed by atoms with Crippen LogP contribution >= 0.6 is 0 Å². The number of benzene rings is 4. The largest absolute Gasteiger partial charge is 0.399 e. The minimum Gasteiger partial charge on any atom is -0.399 e. The number of anilines is 2. The number of aryl methyl sites for hydroxylation is 4. The summed E-state index contributed by atoms with van der Waals surface area (Å²) < 4.78 is 0. The van der Waals surface area contributed by atoms with Crippen LogP contribution in [-0.4, -0.2) is 0 Å². The van der Waals surface area contributed by atoms with Crippen molar-refractivity contribution < 1.29 is 0 Å². The number of rotatable bonds is 22. The van der Waals surface area contributed by atoms with E-state index in [9.17, 15) is 0 Å². The summed E-state index contributed by atoms with van der Waals surface area (Å²) in [7, 11) is 0. The summed E-state index contributed by atoms with van der Waals surface area (Å²) in [4.78, 5) is 0. The third-order valence-electron chi connectivity index (χ3n) is 9.81. The molecule has 0 fully saturated rings. The van der Waals surface area contributed by atoms with Gasteiger partial charge in [-0.2, -0.15) is 0 Å². The Labute approximate surface area is 287 Å². The lowest BCUT2D eigenvalue weighted by molar-refractivity contribution is 0.613. The second-order valence-electron chi connectivity index (χ2n) is 13.9. The smallest absolute Gasteiger partial charge is 0.0346 e. The molecule has 0 aliphatic carbocycles. The van der Waals surface area contributed by atoms with Gasteiger partial charge in [-0.25, -0.2) is 0 Å². The predicted octanol–water partition coefficient (Wildman–Crippen LogP) is 12.0. The number of nitrogen functional groups attached to an aromatic ring is 2. The van der Waals surface area contributed by atoms with Gasteiger partial charge in [0, 0.05) is 11.4 Å². The zero-order chi connectivity index (χ0) is 33.1. The number of hydrogen-bond acceptors (Lipinski definition) is 2. The van der Waals surface area contributed by atoms with Crippen LogP contribution in [0.1, 0.15) is 142 Å². The van der Waals surface area contributed by atoms with Crippen LogP contribution in [0.4, 0.5) is 11.4 Å². The van der Waals surface area contributed by atoms with E-state index in [2.05, 4.69) is 98.8 Å². The molecule has 0 heterocycles. The molecule has 0 aliphatic rings. The van der Waals surface area contributed by atoms with Crippen LogP contribution in [0.2, 0.25) is 0 Å². The maximum atomic E-state index is 6.27. The van der Waals surface area contributed by atoms with Crippen molar-refractivity contribution in [3.05, 3.63) is 129 Å². The highest BCUT2D eigenvalue weighted by Gasteiger charge is 2.06. The fourth-order valence-electron chi connectivity index (χ4n) is 6.76. The molecule has 0 atom stereocenters.